The normalized spacial score (nSPS) is 11.8. The fourth-order valence-corrected chi connectivity index (χ4v) is 2.58. The molecule has 2 N–H and O–H groups in total. The molecule has 0 amide bonds. The van der Waals surface area contributed by atoms with Crippen LogP contribution in [0.15, 0.2) is 54.6 Å². The zero-order chi connectivity index (χ0) is 16.7. The summed E-state index contributed by atoms with van der Waals surface area (Å²) >= 11 is 5.43. The Hall–Kier alpha value is -2.07. The molecule has 0 bridgehead atoms. The van der Waals surface area contributed by atoms with Crippen LogP contribution < -0.4 is 15.4 Å². The Morgan fingerprint density at radius 2 is 1.70 bits per heavy atom. The van der Waals surface area contributed by atoms with Gasteiger partial charge in [-0.2, -0.15) is 0 Å². The highest BCUT2D eigenvalue weighted by atomic mass is 32.1. The van der Waals surface area contributed by atoms with E-state index in [9.17, 15) is 0 Å². The first kappa shape index (κ1) is 17.3. The number of hydrogen-bond acceptors (Lipinski definition) is 2. The molecule has 0 aromatic heterocycles. The van der Waals surface area contributed by atoms with E-state index in [0.29, 0.717) is 5.11 Å². The summed E-state index contributed by atoms with van der Waals surface area (Å²) in [5, 5.41) is 7.21. The van der Waals surface area contributed by atoms with Gasteiger partial charge in [-0.1, -0.05) is 37.3 Å². The molecule has 23 heavy (non-hydrogen) atoms. The molecule has 0 saturated carbocycles. The van der Waals surface area contributed by atoms with Crippen molar-refractivity contribution in [1.82, 2.24) is 5.32 Å². The first-order valence-corrected chi connectivity index (χ1v) is 8.38. The number of anilines is 1. The number of benzene rings is 2. The van der Waals surface area contributed by atoms with Gasteiger partial charge in [0.05, 0.1) is 12.1 Å². The summed E-state index contributed by atoms with van der Waals surface area (Å²) in [4.78, 5) is 0. The molecule has 0 aliphatic carbocycles. The van der Waals surface area contributed by atoms with Crippen LogP contribution in [0.2, 0.25) is 0 Å². The molecule has 0 heterocycles. The van der Waals surface area contributed by atoms with E-state index < -0.39 is 0 Å². The zero-order valence-electron chi connectivity index (χ0n) is 13.9. The summed E-state index contributed by atoms with van der Waals surface area (Å²) < 4.78 is 5.64. The van der Waals surface area contributed by atoms with Crippen LogP contribution in [0.3, 0.4) is 0 Å². The van der Waals surface area contributed by atoms with Crippen molar-refractivity contribution in [1.29, 1.82) is 0 Å². The Balaban J connectivity index is 1.93. The van der Waals surface area contributed by atoms with Gasteiger partial charge in [0.15, 0.2) is 5.11 Å². The van der Waals surface area contributed by atoms with Gasteiger partial charge in [-0.05, 0) is 62.3 Å². The van der Waals surface area contributed by atoms with E-state index in [0.717, 1.165) is 17.9 Å². The van der Waals surface area contributed by atoms with Gasteiger partial charge in [0.2, 0.25) is 0 Å². The Bertz CT molecular complexity index is 611. The standard InChI is InChI=1S/C19H24N2OS/c1-4-18(15-8-6-5-7-9-15)21-19(23)20-16-10-12-17(13-11-16)22-14(2)3/h5-14,18H,4H2,1-3H3,(H2,20,21,23)/t18-/m1/s1. The molecule has 0 aliphatic heterocycles. The van der Waals surface area contributed by atoms with Crippen LogP contribution >= 0.6 is 12.2 Å². The largest absolute Gasteiger partial charge is 0.491 e. The van der Waals surface area contributed by atoms with Gasteiger partial charge in [-0.25, -0.2) is 0 Å². The first-order valence-electron chi connectivity index (χ1n) is 7.97. The van der Waals surface area contributed by atoms with Crippen LogP contribution in [0.25, 0.3) is 0 Å². The van der Waals surface area contributed by atoms with Crippen molar-refractivity contribution in [3.05, 3.63) is 60.2 Å². The van der Waals surface area contributed by atoms with E-state index in [2.05, 4.69) is 29.7 Å². The summed E-state index contributed by atoms with van der Waals surface area (Å²) in [5.41, 5.74) is 2.18. The van der Waals surface area contributed by atoms with E-state index in [4.69, 9.17) is 17.0 Å². The van der Waals surface area contributed by atoms with Crippen molar-refractivity contribution in [3.63, 3.8) is 0 Å². The van der Waals surface area contributed by atoms with E-state index in [1.54, 1.807) is 0 Å². The minimum Gasteiger partial charge on any atom is -0.491 e. The average molecular weight is 328 g/mol. The van der Waals surface area contributed by atoms with Crippen LogP contribution in [0.1, 0.15) is 38.8 Å². The Kier molecular flexibility index (Phi) is 6.41. The fraction of sp³-hybridized carbons (Fsp3) is 0.316. The van der Waals surface area contributed by atoms with Crippen molar-refractivity contribution >= 4 is 23.0 Å². The highest BCUT2D eigenvalue weighted by molar-refractivity contribution is 7.80. The van der Waals surface area contributed by atoms with Crippen LogP contribution in [0.5, 0.6) is 5.75 Å². The SMILES string of the molecule is CC[C@@H](NC(=S)Nc1ccc(OC(C)C)cc1)c1ccccc1. The Labute approximate surface area is 144 Å². The van der Waals surface area contributed by atoms with Gasteiger partial charge in [0.25, 0.3) is 0 Å². The summed E-state index contributed by atoms with van der Waals surface area (Å²) in [6, 6.07) is 18.4. The second kappa shape index (κ2) is 8.53. The molecule has 3 nitrogen and oxygen atoms in total. The van der Waals surface area contributed by atoms with Crippen molar-refractivity contribution in [2.45, 2.75) is 39.3 Å². The number of ether oxygens (including phenoxy) is 1. The van der Waals surface area contributed by atoms with Crippen molar-refractivity contribution in [3.8, 4) is 5.75 Å². The molecular weight excluding hydrogens is 304 g/mol. The maximum absolute atomic E-state index is 5.64. The minimum atomic E-state index is 0.174. The third-order valence-corrected chi connectivity index (χ3v) is 3.62. The minimum absolute atomic E-state index is 0.174. The average Bonchev–Trinajstić information content (AvgIpc) is 2.55. The molecule has 1 atom stereocenters. The Morgan fingerprint density at radius 1 is 1.04 bits per heavy atom. The lowest BCUT2D eigenvalue weighted by molar-refractivity contribution is 0.242. The van der Waals surface area contributed by atoms with Gasteiger partial charge in [0.1, 0.15) is 5.75 Å². The van der Waals surface area contributed by atoms with E-state index >= 15 is 0 Å². The predicted molar refractivity (Wildman–Crippen MR) is 101 cm³/mol. The van der Waals surface area contributed by atoms with Gasteiger partial charge >= 0.3 is 0 Å². The zero-order valence-corrected chi connectivity index (χ0v) is 14.7. The number of rotatable bonds is 6. The van der Waals surface area contributed by atoms with Crippen molar-refractivity contribution in [2.24, 2.45) is 0 Å². The summed E-state index contributed by atoms with van der Waals surface area (Å²) in [6.07, 6.45) is 1.14. The Morgan fingerprint density at radius 3 is 2.26 bits per heavy atom. The smallest absolute Gasteiger partial charge is 0.171 e. The van der Waals surface area contributed by atoms with E-state index in [-0.39, 0.29) is 12.1 Å². The third kappa shape index (κ3) is 5.57. The molecule has 0 saturated heterocycles. The molecule has 0 aliphatic rings. The number of nitrogens with one attached hydrogen (secondary N) is 2. The maximum Gasteiger partial charge on any atom is 0.171 e. The van der Waals surface area contributed by atoms with Crippen LogP contribution in [-0.2, 0) is 0 Å². The quantitative estimate of drug-likeness (QED) is 0.738. The molecule has 0 fully saturated rings. The van der Waals surface area contributed by atoms with Crippen LogP contribution in [-0.4, -0.2) is 11.2 Å². The van der Waals surface area contributed by atoms with Gasteiger partial charge in [0, 0.05) is 5.69 Å². The molecule has 0 unspecified atom stereocenters. The number of thiocarbonyl (C=S) groups is 1. The second-order valence-corrected chi connectivity index (χ2v) is 6.07. The molecule has 0 radical (unpaired) electrons. The third-order valence-electron chi connectivity index (χ3n) is 3.40. The van der Waals surface area contributed by atoms with Crippen LogP contribution in [0.4, 0.5) is 5.69 Å². The first-order chi connectivity index (χ1) is 11.1. The lowest BCUT2D eigenvalue weighted by atomic mass is 10.1. The predicted octanol–water partition coefficient (Wildman–Crippen LogP) is 4.91. The van der Waals surface area contributed by atoms with Crippen molar-refractivity contribution < 1.29 is 4.74 Å². The van der Waals surface area contributed by atoms with E-state index in [1.165, 1.54) is 5.56 Å². The lowest BCUT2D eigenvalue weighted by Gasteiger charge is -2.20. The molecule has 2 aromatic rings. The van der Waals surface area contributed by atoms with Gasteiger partial charge in [-0.3, -0.25) is 0 Å². The number of hydrogen-bond donors (Lipinski definition) is 2. The van der Waals surface area contributed by atoms with Gasteiger partial charge < -0.3 is 15.4 Å². The monoisotopic (exact) mass is 328 g/mol. The maximum atomic E-state index is 5.64. The molecule has 2 rings (SSSR count). The summed E-state index contributed by atoms with van der Waals surface area (Å²) in [6.45, 7) is 6.17. The topological polar surface area (TPSA) is 33.3 Å². The highest BCUT2D eigenvalue weighted by Crippen LogP contribution is 2.18. The molecule has 2 aromatic carbocycles. The van der Waals surface area contributed by atoms with E-state index in [1.807, 2.05) is 56.3 Å². The fourth-order valence-electron chi connectivity index (χ4n) is 2.32. The lowest BCUT2D eigenvalue weighted by Crippen LogP contribution is -2.32. The summed E-state index contributed by atoms with van der Waals surface area (Å²) in [7, 11) is 0. The van der Waals surface area contributed by atoms with Gasteiger partial charge in [-0.15, -0.1) is 0 Å². The molecule has 4 heteroatoms. The van der Waals surface area contributed by atoms with Crippen molar-refractivity contribution in [2.75, 3.05) is 5.32 Å². The van der Waals surface area contributed by atoms with Crippen LogP contribution in [0, 0.1) is 0 Å². The highest BCUT2D eigenvalue weighted by Gasteiger charge is 2.10. The molecular formula is C19H24N2OS. The summed E-state index contributed by atoms with van der Waals surface area (Å²) in [5.74, 6) is 0.861. The molecule has 0 spiro atoms. The molecule has 122 valence electrons. The second-order valence-electron chi connectivity index (χ2n) is 5.66.